The SMILES string of the molecule is CC(C)NC(N)=NCC1(C)CCCS1.I. The largest absolute Gasteiger partial charge is 0.370 e. The molecule has 0 saturated carbocycles. The van der Waals surface area contributed by atoms with Gasteiger partial charge in [-0.3, -0.25) is 4.99 Å². The van der Waals surface area contributed by atoms with E-state index < -0.39 is 0 Å². The molecule has 1 rings (SSSR count). The van der Waals surface area contributed by atoms with E-state index in [1.54, 1.807) is 0 Å². The minimum absolute atomic E-state index is 0. The topological polar surface area (TPSA) is 50.4 Å². The van der Waals surface area contributed by atoms with Crippen molar-refractivity contribution >= 4 is 41.7 Å². The molecule has 0 aromatic carbocycles. The van der Waals surface area contributed by atoms with Gasteiger partial charge in [0.25, 0.3) is 0 Å². The van der Waals surface area contributed by atoms with Gasteiger partial charge in [-0.2, -0.15) is 11.8 Å². The standard InChI is InChI=1S/C10H21N3S.HI/c1-8(2)13-9(11)12-7-10(3)5-4-6-14-10;/h8H,4-7H2,1-3H3,(H3,11,12,13);1H. The highest BCUT2D eigenvalue weighted by molar-refractivity contribution is 14.0. The Morgan fingerprint density at radius 1 is 1.60 bits per heavy atom. The Balaban J connectivity index is 0.00000196. The maximum Gasteiger partial charge on any atom is 0.188 e. The summed E-state index contributed by atoms with van der Waals surface area (Å²) in [5, 5.41) is 3.10. The van der Waals surface area contributed by atoms with Crippen molar-refractivity contribution in [1.82, 2.24) is 5.32 Å². The first kappa shape index (κ1) is 15.3. The van der Waals surface area contributed by atoms with Gasteiger partial charge < -0.3 is 11.1 Å². The smallest absolute Gasteiger partial charge is 0.188 e. The van der Waals surface area contributed by atoms with Gasteiger partial charge in [0.15, 0.2) is 5.96 Å². The third-order valence-corrected chi connectivity index (χ3v) is 3.84. The van der Waals surface area contributed by atoms with Gasteiger partial charge in [0.05, 0.1) is 6.54 Å². The lowest BCUT2D eigenvalue weighted by Gasteiger charge is -2.20. The van der Waals surface area contributed by atoms with E-state index in [0.29, 0.717) is 16.7 Å². The Morgan fingerprint density at radius 3 is 2.73 bits per heavy atom. The van der Waals surface area contributed by atoms with Crippen LogP contribution in [0.1, 0.15) is 33.6 Å². The fraction of sp³-hybridized carbons (Fsp3) is 0.900. The van der Waals surface area contributed by atoms with Crippen LogP contribution in [0.5, 0.6) is 0 Å². The molecule has 0 aromatic rings. The van der Waals surface area contributed by atoms with Crippen LogP contribution in [0.25, 0.3) is 0 Å². The molecule has 90 valence electrons. The van der Waals surface area contributed by atoms with E-state index in [1.165, 1.54) is 18.6 Å². The number of nitrogens with zero attached hydrogens (tertiary/aromatic N) is 1. The molecule has 5 heteroatoms. The Hall–Kier alpha value is 0.350. The van der Waals surface area contributed by atoms with Crippen LogP contribution < -0.4 is 11.1 Å². The summed E-state index contributed by atoms with van der Waals surface area (Å²) in [6.07, 6.45) is 2.57. The number of aliphatic imine (C=N–C) groups is 1. The van der Waals surface area contributed by atoms with Gasteiger partial charge in [-0.15, -0.1) is 24.0 Å². The summed E-state index contributed by atoms with van der Waals surface area (Å²) in [6, 6.07) is 0.364. The van der Waals surface area contributed by atoms with Crippen LogP contribution in [0, 0.1) is 0 Å². The minimum Gasteiger partial charge on any atom is -0.370 e. The second-order valence-corrected chi connectivity index (χ2v) is 6.08. The van der Waals surface area contributed by atoms with Crippen molar-refractivity contribution in [3.63, 3.8) is 0 Å². The van der Waals surface area contributed by atoms with E-state index in [1.807, 2.05) is 11.8 Å². The van der Waals surface area contributed by atoms with Crippen molar-refractivity contribution in [3.05, 3.63) is 0 Å². The van der Waals surface area contributed by atoms with Crippen LogP contribution in [0.3, 0.4) is 0 Å². The van der Waals surface area contributed by atoms with E-state index in [9.17, 15) is 0 Å². The van der Waals surface area contributed by atoms with E-state index >= 15 is 0 Å². The van der Waals surface area contributed by atoms with Gasteiger partial charge in [-0.05, 0) is 39.4 Å². The van der Waals surface area contributed by atoms with Crippen molar-refractivity contribution in [2.75, 3.05) is 12.3 Å². The summed E-state index contributed by atoms with van der Waals surface area (Å²) in [6.45, 7) is 7.24. The molecule has 1 fully saturated rings. The molecule has 0 bridgehead atoms. The van der Waals surface area contributed by atoms with Crippen LogP contribution in [0.15, 0.2) is 4.99 Å². The first-order valence-corrected chi connectivity index (χ1v) is 6.21. The summed E-state index contributed by atoms with van der Waals surface area (Å²) >= 11 is 2.02. The lowest BCUT2D eigenvalue weighted by Crippen LogP contribution is -2.38. The summed E-state index contributed by atoms with van der Waals surface area (Å²) in [7, 11) is 0. The first-order valence-electron chi connectivity index (χ1n) is 5.22. The Bertz CT molecular complexity index is 213. The molecule has 1 heterocycles. The lowest BCUT2D eigenvalue weighted by atomic mass is 10.1. The normalized spacial score (nSPS) is 26.5. The van der Waals surface area contributed by atoms with Gasteiger partial charge in [0, 0.05) is 10.8 Å². The number of rotatable bonds is 3. The predicted molar refractivity (Wildman–Crippen MR) is 80.3 cm³/mol. The summed E-state index contributed by atoms with van der Waals surface area (Å²) in [4.78, 5) is 4.38. The molecule has 3 nitrogen and oxygen atoms in total. The zero-order valence-electron chi connectivity index (χ0n) is 9.75. The highest BCUT2D eigenvalue weighted by Gasteiger charge is 2.28. The molecule has 0 spiro atoms. The zero-order valence-corrected chi connectivity index (χ0v) is 12.9. The molecule has 1 aliphatic heterocycles. The molecule has 1 saturated heterocycles. The van der Waals surface area contributed by atoms with Crippen molar-refractivity contribution in [1.29, 1.82) is 0 Å². The average Bonchev–Trinajstić information content (AvgIpc) is 2.49. The third kappa shape index (κ3) is 5.85. The molecule has 1 atom stereocenters. The van der Waals surface area contributed by atoms with Crippen molar-refractivity contribution in [3.8, 4) is 0 Å². The summed E-state index contributed by atoms with van der Waals surface area (Å²) in [5.41, 5.74) is 5.74. The van der Waals surface area contributed by atoms with Gasteiger partial charge >= 0.3 is 0 Å². The molecule has 1 unspecified atom stereocenters. The quantitative estimate of drug-likeness (QED) is 0.469. The van der Waals surface area contributed by atoms with Crippen LogP contribution >= 0.6 is 35.7 Å². The number of hydrogen-bond acceptors (Lipinski definition) is 2. The van der Waals surface area contributed by atoms with E-state index in [4.69, 9.17) is 5.73 Å². The summed E-state index contributed by atoms with van der Waals surface area (Å²) < 4.78 is 0.323. The molecular formula is C10H22IN3S. The molecule has 1 aliphatic rings. The van der Waals surface area contributed by atoms with Crippen molar-refractivity contribution < 1.29 is 0 Å². The number of nitrogens with two attached hydrogens (primary N) is 1. The number of hydrogen-bond donors (Lipinski definition) is 2. The molecule has 15 heavy (non-hydrogen) atoms. The molecule has 0 radical (unpaired) electrons. The number of thioether (sulfide) groups is 1. The van der Waals surface area contributed by atoms with Gasteiger partial charge in [0.2, 0.25) is 0 Å². The van der Waals surface area contributed by atoms with Gasteiger partial charge in [-0.25, -0.2) is 0 Å². The maximum absolute atomic E-state index is 5.74. The number of guanidine groups is 1. The minimum atomic E-state index is 0. The fourth-order valence-corrected chi connectivity index (χ4v) is 2.78. The Labute approximate surface area is 114 Å². The molecule has 0 amide bonds. The Morgan fingerprint density at radius 2 is 2.27 bits per heavy atom. The molecule has 3 N–H and O–H groups in total. The lowest BCUT2D eigenvalue weighted by molar-refractivity contribution is 0.614. The van der Waals surface area contributed by atoms with Crippen LogP contribution in [-0.4, -0.2) is 29.0 Å². The van der Waals surface area contributed by atoms with E-state index in [0.717, 1.165) is 6.54 Å². The average molecular weight is 343 g/mol. The number of nitrogens with one attached hydrogen (secondary N) is 1. The van der Waals surface area contributed by atoms with Crippen LogP contribution in [0.2, 0.25) is 0 Å². The van der Waals surface area contributed by atoms with Crippen molar-refractivity contribution in [2.45, 2.75) is 44.4 Å². The second-order valence-electron chi connectivity index (χ2n) is 4.40. The predicted octanol–water partition coefficient (Wildman–Crippen LogP) is 2.20. The van der Waals surface area contributed by atoms with Gasteiger partial charge in [-0.1, -0.05) is 0 Å². The van der Waals surface area contributed by atoms with Crippen LogP contribution in [0.4, 0.5) is 0 Å². The molecular weight excluding hydrogens is 321 g/mol. The monoisotopic (exact) mass is 343 g/mol. The zero-order chi connectivity index (χ0) is 10.6. The summed E-state index contributed by atoms with van der Waals surface area (Å²) in [5.74, 6) is 1.84. The third-order valence-electron chi connectivity index (χ3n) is 2.32. The Kier molecular flexibility index (Phi) is 6.99. The van der Waals surface area contributed by atoms with Gasteiger partial charge in [0.1, 0.15) is 0 Å². The molecule has 0 aliphatic carbocycles. The van der Waals surface area contributed by atoms with E-state index in [-0.39, 0.29) is 24.0 Å². The number of halogens is 1. The second kappa shape index (κ2) is 6.83. The highest BCUT2D eigenvalue weighted by Crippen LogP contribution is 2.37. The van der Waals surface area contributed by atoms with Crippen LogP contribution in [-0.2, 0) is 0 Å². The van der Waals surface area contributed by atoms with E-state index in [2.05, 4.69) is 31.1 Å². The highest BCUT2D eigenvalue weighted by atomic mass is 127. The fourth-order valence-electron chi connectivity index (χ4n) is 1.56. The molecule has 0 aromatic heterocycles. The van der Waals surface area contributed by atoms with Crippen molar-refractivity contribution in [2.24, 2.45) is 10.7 Å². The maximum atomic E-state index is 5.74. The first-order chi connectivity index (χ1) is 6.52.